The minimum atomic E-state index is -0.759. The lowest BCUT2D eigenvalue weighted by molar-refractivity contribution is -0.120. The van der Waals surface area contributed by atoms with Crippen molar-refractivity contribution in [2.24, 2.45) is 5.92 Å². The Morgan fingerprint density at radius 2 is 2.17 bits per heavy atom. The van der Waals surface area contributed by atoms with Gasteiger partial charge in [-0.3, -0.25) is 9.69 Å². The van der Waals surface area contributed by atoms with Crippen molar-refractivity contribution in [3.8, 4) is 6.07 Å². The van der Waals surface area contributed by atoms with E-state index in [2.05, 4.69) is 32.3 Å². The van der Waals surface area contributed by atoms with Gasteiger partial charge in [-0.25, -0.2) is 9.78 Å². The number of hydrogen-bond donors (Lipinski definition) is 1. The van der Waals surface area contributed by atoms with Crippen molar-refractivity contribution in [1.82, 2.24) is 9.88 Å². The molecule has 0 bridgehead atoms. The molecule has 0 aliphatic carbocycles. The molecule has 2 heterocycles. The minimum Gasteiger partial charge on any atom is -0.444 e. The van der Waals surface area contributed by atoms with Crippen LogP contribution in [0.4, 0.5) is 10.6 Å². The fraction of sp³-hybridized carbons (Fsp3) is 0.500. The van der Waals surface area contributed by atoms with E-state index < -0.39 is 23.7 Å². The van der Waals surface area contributed by atoms with Crippen molar-refractivity contribution in [3.05, 3.63) is 22.8 Å². The van der Waals surface area contributed by atoms with Gasteiger partial charge in [0.2, 0.25) is 5.91 Å². The lowest BCUT2D eigenvalue weighted by Gasteiger charge is -2.27. The number of carbonyl (C=O) groups is 2. The van der Waals surface area contributed by atoms with E-state index in [1.54, 1.807) is 39.0 Å². The average molecular weight is 395 g/mol. The van der Waals surface area contributed by atoms with Crippen LogP contribution in [0.5, 0.6) is 0 Å². The second kappa shape index (κ2) is 7.18. The lowest BCUT2D eigenvalue weighted by Crippen LogP contribution is -2.45. The largest absolute Gasteiger partial charge is 0.444 e. The van der Waals surface area contributed by atoms with E-state index in [0.717, 1.165) is 0 Å². The van der Waals surface area contributed by atoms with Crippen LogP contribution in [0.3, 0.4) is 0 Å². The van der Waals surface area contributed by atoms with E-state index in [4.69, 9.17) is 10.00 Å². The van der Waals surface area contributed by atoms with Gasteiger partial charge in [0.05, 0.1) is 12.0 Å². The number of halogens is 1. The molecule has 128 valence electrons. The highest BCUT2D eigenvalue weighted by Crippen LogP contribution is 2.26. The summed E-state index contributed by atoms with van der Waals surface area (Å²) in [6.45, 7) is 5.44. The fourth-order valence-electron chi connectivity index (χ4n) is 2.39. The molecule has 1 aliphatic heterocycles. The normalized spacial score (nSPS) is 20.4. The van der Waals surface area contributed by atoms with Gasteiger partial charge in [-0.15, -0.1) is 0 Å². The van der Waals surface area contributed by atoms with Crippen LogP contribution in [0, 0.1) is 17.2 Å². The highest BCUT2D eigenvalue weighted by atomic mass is 79.9. The summed E-state index contributed by atoms with van der Waals surface area (Å²) in [5, 5.41) is 11.8. The first-order valence-corrected chi connectivity index (χ1v) is 8.31. The molecule has 24 heavy (non-hydrogen) atoms. The van der Waals surface area contributed by atoms with Crippen molar-refractivity contribution >= 4 is 33.7 Å². The number of pyridine rings is 1. The van der Waals surface area contributed by atoms with Crippen molar-refractivity contribution < 1.29 is 14.3 Å². The summed E-state index contributed by atoms with van der Waals surface area (Å²) in [5.74, 6) is -0.410. The second-order valence-corrected chi connectivity index (χ2v) is 7.36. The number of ether oxygens (including phenoxy) is 1. The third kappa shape index (κ3) is 4.68. The maximum Gasteiger partial charge on any atom is 0.411 e. The van der Waals surface area contributed by atoms with E-state index in [1.165, 1.54) is 4.90 Å². The van der Waals surface area contributed by atoms with E-state index in [-0.39, 0.29) is 18.9 Å². The van der Waals surface area contributed by atoms with Gasteiger partial charge in [-0.05, 0) is 55.3 Å². The Morgan fingerprint density at radius 3 is 2.75 bits per heavy atom. The third-order valence-corrected chi connectivity index (χ3v) is 3.82. The summed E-state index contributed by atoms with van der Waals surface area (Å²) in [5.41, 5.74) is -0.672. The number of anilines is 1. The van der Waals surface area contributed by atoms with Crippen LogP contribution in [0.2, 0.25) is 0 Å². The quantitative estimate of drug-likeness (QED) is 0.777. The highest BCUT2D eigenvalue weighted by molar-refractivity contribution is 9.10. The van der Waals surface area contributed by atoms with Crippen molar-refractivity contribution in [2.45, 2.75) is 38.8 Å². The first-order valence-electron chi connectivity index (χ1n) is 7.52. The Balaban J connectivity index is 2.14. The summed E-state index contributed by atoms with van der Waals surface area (Å²) >= 11 is 3.23. The second-order valence-electron chi connectivity index (χ2n) is 6.55. The predicted molar refractivity (Wildman–Crippen MR) is 91.0 cm³/mol. The van der Waals surface area contributed by atoms with Gasteiger partial charge in [0.1, 0.15) is 22.1 Å². The molecule has 1 saturated heterocycles. The Hall–Kier alpha value is -2.14. The monoisotopic (exact) mass is 394 g/mol. The number of rotatable bonds is 2. The molecule has 0 unspecified atom stereocenters. The number of likely N-dealkylation sites (tertiary alicyclic amines) is 1. The Labute approximate surface area is 149 Å². The van der Waals surface area contributed by atoms with Gasteiger partial charge >= 0.3 is 6.09 Å². The van der Waals surface area contributed by atoms with Crippen LogP contribution in [0.1, 0.15) is 27.2 Å². The molecular weight excluding hydrogens is 376 g/mol. The molecule has 0 radical (unpaired) electrons. The van der Waals surface area contributed by atoms with Gasteiger partial charge in [-0.2, -0.15) is 5.26 Å². The smallest absolute Gasteiger partial charge is 0.411 e. The summed E-state index contributed by atoms with van der Waals surface area (Å²) < 4.78 is 5.93. The zero-order valence-electron chi connectivity index (χ0n) is 13.7. The standard InChI is InChI=1S/C16H19BrN4O3/c1-16(2,3)24-15(23)21-9-10(8-18)7-11(21)14(22)20-13-6-4-5-12(17)19-13/h4-6,10-11H,7,9H2,1-3H3,(H,19,20,22)/t10-,11-/m0/s1. The third-order valence-electron chi connectivity index (χ3n) is 3.38. The van der Waals surface area contributed by atoms with Crippen LogP contribution >= 0.6 is 15.9 Å². The van der Waals surface area contributed by atoms with Crippen molar-refractivity contribution in [1.29, 1.82) is 5.26 Å². The molecular formula is C16H19BrN4O3. The predicted octanol–water partition coefficient (Wildman–Crippen LogP) is 2.93. The minimum absolute atomic E-state index is 0.176. The number of nitrogens with one attached hydrogen (secondary N) is 1. The number of aromatic nitrogens is 1. The van der Waals surface area contributed by atoms with Crippen molar-refractivity contribution in [3.63, 3.8) is 0 Å². The Bertz CT molecular complexity index is 681. The van der Waals surface area contributed by atoms with Crippen LogP contribution < -0.4 is 5.32 Å². The SMILES string of the molecule is CC(C)(C)OC(=O)N1C[C@H](C#N)C[C@H]1C(=O)Nc1cccc(Br)n1. The molecule has 0 aromatic carbocycles. The number of nitrogens with zero attached hydrogens (tertiary/aromatic N) is 3. The summed E-state index contributed by atoms with van der Waals surface area (Å²) in [7, 11) is 0. The molecule has 8 heteroatoms. The van der Waals surface area contributed by atoms with E-state index in [0.29, 0.717) is 10.4 Å². The lowest BCUT2D eigenvalue weighted by atomic mass is 10.1. The topological polar surface area (TPSA) is 95.3 Å². The van der Waals surface area contributed by atoms with E-state index in [1.807, 2.05) is 0 Å². The maximum absolute atomic E-state index is 12.5. The molecule has 1 fully saturated rings. The molecule has 2 atom stereocenters. The first kappa shape index (κ1) is 18.2. The molecule has 2 rings (SSSR count). The average Bonchev–Trinajstić information content (AvgIpc) is 2.90. The number of hydrogen-bond acceptors (Lipinski definition) is 5. The molecule has 1 aromatic rings. The van der Waals surface area contributed by atoms with Gasteiger partial charge in [-0.1, -0.05) is 6.07 Å². The Kier molecular flexibility index (Phi) is 5.44. The van der Waals surface area contributed by atoms with Crippen LogP contribution in [-0.4, -0.2) is 40.1 Å². The molecule has 1 aromatic heterocycles. The Morgan fingerprint density at radius 1 is 1.46 bits per heavy atom. The van der Waals surface area contributed by atoms with E-state index in [9.17, 15) is 9.59 Å². The molecule has 7 nitrogen and oxygen atoms in total. The summed E-state index contributed by atoms with van der Waals surface area (Å²) in [4.78, 5) is 30.3. The molecule has 0 spiro atoms. The van der Waals surface area contributed by atoms with Crippen molar-refractivity contribution in [2.75, 3.05) is 11.9 Å². The van der Waals surface area contributed by atoms with Crippen LogP contribution in [0.15, 0.2) is 22.8 Å². The number of carbonyl (C=O) groups excluding carboxylic acids is 2. The fourth-order valence-corrected chi connectivity index (χ4v) is 2.73. The van der Waals surface area contributed by atoms with Crippen LogP contribution in [0.25, 0.3) is 0 Å². The first-order chi connectivity index (χ1) is 11.2. The molecule has 1 N–H and O–H groups in total. The van der Waals surface area contributed by atoms with Crippen LogP contribution in [-0.2, 0) is 9.53 Å². The summed E-state index contributed by atoms with van der Waals surface area (Å²) in [6.07, 6.45) is -0.321. The number of amides is 2. The molecule has 1 aliphatic rings. The highest BCUT2D eigenvalue weighted by Gasteiger charge is 2.41. The molecule has 2 amide bonds. The zero-order chi connectivity index (χ0) is 17.9. The number of nitriles is 1. The van der Waals surface area contributed by atoms with Gasteiger partial charge in [0, 0.05) is 6.54 Å². The zero-order valence-corrected chi connectivity index (χ0v) is 15.3. The van der Waals surface area contributed by atoms with E-state index >= 15 is 0 Å². The van der Waals surface area contributed by atoms with Gasteiger partial charge in [0.15, 0.2) is 0 Å². The van der Waals surface area contributed by atoms with Gasteiger partial charge < -0.3 is 10.1 Å². The summed E-state index contributed by atoms with van der Waals surface area (Å²) in [6, 6.07) is 6.49. The maximum atomic E-state index is 12.5. The van der Waals surface area contributed by atoms with Gasteiger partial charge in [0.25, 0.3) is 0 Å². The molecule has 0 saturated carbocycles.